The molecule has 1 aliphatic rings. The third-order valence-corrected chi connectivity index (χ3v) is 3.88. The molecule has 1 aliphatic heterocycles. The minimum Gasteiger partial charge on any atom is -0.385 e. The molecule has 0 bridgehead atoms. The average Bonchev–Trinajstić information content (AvgIpc) is 2.52. The van der Waals surface area contributed by atoms with Crippen molar-refractivity contribution in [3.8, 4) is 0 Å². The number of methoxy groups -OCH3 is 1. The predicted molar refractivity (Wildman–Crippen MR) is 85.1 cm³/mol. The highest BCUT2D eigenvalue weighted by Crippen LogP contribution is 2.25. The van der Waals surface area contributed by atoms with E-state index in [9.17, 15) is 4.79 Å². The second-order valence-corrected chi connectivity index (χ2v) is 5.41. The lowest BCUT2D eigenvalue weighted by Crippen LogP contribution is -2.52. The zero-order valence-corrected chi connectivity index (χ0v) is 13.1. The minimum absolute atomic E-state index is 0.00455. The zero-order chi connectivity index (χ0) is 15.1. The summed E-state index contributed by atoms with van der Waals surface area (Å²) in [7, 11) is 1.66. The lowest BCUT2D eigenvalue weighted by molar-refractivity contribution is 0.183. The Balaban J connectivity index is 1.78. The smallest absolute Gasteiger partial charge is 0.317 e. The molecule has 1 aromatic rings. The molecule has 0 aliphatic carbocycles. The molecule has 5 nitrogen and oxygen atoms in total. The highest BCUT2D eigenvalue weighted by Gasteiger charge is 2.21. The van der Waals surface area contributed by atoms with Crippen molar-refractivity contribution in [2.24, 2.45) is 0 Å². The number of carbonyl (C=O) groups is 1. The van der Waals surface area contributed by atoms with E-state index in [0.29, 0.717) is 26.2 Å². The molecule has 1 N–H and O–H groups in total. The van der Waals surface area contributed by atoms with E-state index in [4.69, 9.17) is 16.3 Å². The van der Waals surface area contributed by atoms with Crippen molar-refractivity contribution in [1.82, 2.24) is 10.2 Å². The summed E-state index contributed by atoms with van der Waals surface area (Å²) in [4.78, 5) is 16.1. The first kappa shape index (κ1) is 15.9. The number of benzene rings is 1. The van der Waals surface area contributed by atoms with Crippen LogP contribution >= 0.6 is 11.6 Å². The lowest BCUT2D eigenvalue weighted by atomic mass is 10.2. The highest BCUT2D eigenvalue weighted by atomic mass is 35.5. The fourth-order valence-electron chi connectivity index (χ4n) is 2.38. The fourth-order valence-corrected chi connectivity index (χ4v) is 2.64. The van der Waals surface area contributed by atoms with Gasteiger partial charge >= 0.3 is 6.03 Å². The third kappa shape index (κ3) is 4.51. The van der Waals surface area contributed by atoms with Gasteiger partial charge in [-0.15, -0.1) is 0 Å². The summed E-state index contributed by atoms with van der Waals surface area (Å²) in [6.45, 7) is 4.34. The number of rotatable bonds is 5. The van der Waals surface area contributed by atoms with Crippen LogP contribution in [0.2, 0.25) is 5.02 Å². The molecule has 2 amide bonds. The molecule has 0 atom stereocenters. The SMILES string of the molecule is COCCCNC(=O)N1CCN(c2ccccc2Cl)CC1. The number of ether oxygens (including phenoxy) is 1. The Morgan fingerprint density at radius 2 is 2.00 bits per heavy atom. The normalized spacial score (nSPS) is 15.1. The molecular formula is C15H22ClN3O2. The molecule has 116 valence electrons. The molecule has 21 heavy (non-hydrogen) atoms. The summed E-state index contributed by atoms with van der Waals surface area (Å²) in [6.07, 6.45) is 0.835. The second-order valence-electron chi connectivity index (χ2n) is 5.00. The van der Waals surface area contributed by atoms with Gasteiger partial charge in [-0.2, -0.15) is 0 Å². The van der Waals surface area contributed by atoms with Gasteiger partial charge in [-0.05, 0) is 18.6 Å². The van der Waals surface area contributed by atoms with E-state index in [1.54, 1.807) is 7.11 Å². The molecule has 0 saturated carbocycles. The van der Waals surface area contributed by atoms with Crippen LogP contribution in [0.4, 0.5) is 10.5 Å². The number of para-hydroxylation sites is 1. The van der Waals surface area contributed by atoms with Crippen LogP contribution in [0.3, 0.4) is 0 Å². The van der Waals surface area contributed by atoms with Crippen LogP contribution in [0.1, 0.15) is 6.42 Å². The van der Waals surface area contributed by atoms with Crippen molar-refractivity contribution >= 4 is 23.3 Å². The first-order valence-electron chi connectivity index (χ1n) is 7.23. The topological polar surface area (TPSA) is 44.8 Å². The molecule has 1 heterocycles. The number of nitrogens with zero attached hydrogens (tertiary/aromatic N) is 2. The van der Waals surface area contributed by atoms with Gasteiger partial charge in [0.15, 0.2) is 0 Å². The predicted octanol–water partition coefficient (Wildman–Crippen LogP) is 2.21. The lowest BCUT2D eigenvalue weighted by Gasteiger charge is -2.36. The number of nitrogens with one attached hydrogen (secondary N) is 1. The summed E-state index contributed by atoms with van der Waals surface area (Å²) in [5.74, 6) is 0. The van der Waals surface area contributed by atoms with E-state index in [0.717, 1.165) is 30.2 Å². The summed E-state index contributed by atoms with van der Waals surface area (Å²) in [6, 6.07) is 7.82. The highest BCUT2D eigenvalue weighted by molar-refractivity contribution is 6.33. The fraction of sp³-hybridized carbons (Fsp3) is 0.533. The van der Waals surface area contributed by atoms with E-state index in [1.807, 2.05) is 29.2 Å². The van der Waals surface area contributed by atoms with Crippen molar-refractivity contribution in [3.05, 3.63) is 29.3 Å². The van der Waals surface area contributed by atoms with Gasteiger partial charge in [-0.1, -0.05) is 23.7 Å². The Hall–Kier alpha value is -1.46. The van der Waals surface area contributed by atoms with E-state index < -0.39 is 0 Å². The minimum atomic E-state index is 0.00455. The van der Waals surface area contributed by atoms with E-state index in [1.165, 1.54) is 0 Å². The monoisotopic (exact) mass is 311 g/mol. The van der Waals surface area contributed by atoms with Crippen LogP contribution in [0.5, 0.6) is 0 Å². The molecule has 0 radical (unpaired) electrons. The maximum atomic E-state index is 12.0. The van der Waals surface area contributed by atoms with Crippen LogP contribution in [0, 0.1) is 0 Å². The van der Waals surface area contributed by atoms with Crippen LogP contribution < -0.4 is 10.2 Å². The largest absolute Gasteiger partial charge is 0.385 e. The maximum Gasteiger partial charge on any atom is 0.317 e. The zero-order valence-electron chi connectivity index (χ0n) is 12.3. The van der Waals surface area contributed by atoms with Crippen LogP contribution in [0.15, 0.2) is 24.3 Å². The first-order chi connectivity index (χ1) is 10.2. The summed E-state index contributed by atoms with van der Waals surface area (Å²) in [5, 5.41) is 3.67. The number of urea groups is 1. The van der Waals surface area contributed by atoms with Gasteiger partial charge in [0, 0.05) is 46.4 Å². The Morgan fingerprint density at radius 3 is 2.67 bits per heavy atom. The van der Waals surface area contributed by atoms with Crippen molar-refractivity contribution in [1.29, 1.82) is 0 Å². The molecule has 0 aromatic heterocycles. The van der Waals surface area contributed by atoms with Crippen molar-refractivity contribution in [2.45, 2.75) is 6.42 Å². The maximum absolute atomic E-state index is 12.0. The number of piperazine rings is 1. The second kappa shape index (κ2) is 8.10. The van der Waals surface area contributed by atoms with E-state index in [2.05, 4.69) is 10.2 Å². The summed E-state index contributed by atoms with van der Waals surface area (Å²) in [5.41, 5.74) is 1.04. The van der Waals surface area contributed by atoms with Crippen LogP contribution in [-0.2, 0) is 4.74 Å². The molecule has 0 spiro atoms. The molecular weight excluding hydrogens is 290 g/mol. The molecule has 0 unspecified atom stereocenters. The number of hydrogen-bond acceptors (Lipinski definition) is 3. The van der Waals surface area contributed by atoms with E-state index >= 15 is 0 Å². The van der Waals surface area contributed by atoms with Gasteiger partial charge in [0.25, 0.3) is 0 Å². The number of hydrogen-bond donors (Lipinski definition) is 1. The third-order valence-electron chi connectivity index (χ3n) is 3.56. The van der Waals surface area contributed by atoms with Gasteiger partial charge in [0.05, 0.1) is 10.7 Å². The average molecular weight is 312 g/mol. The Bertz CT molecular complexity index is 462. The quantitative estimate of drug-likeness (QED) is 0.848. The molecule has 6 heteroatoms. The van der Waals surface area contributed by atoms with E-state index in [-0.39, 0.29) is 6.03 Å². The van der Waals surface area contributed by atoms with Gasteiger partial charge in [0.2, 0.25) is 0 Å². The molecule has 1 saturated heterocycles. The van der Waals surface area contributed by atoms with Crippen LogP contribution in [-0.4, -0.2) is 57.4 Å². The van der Waals surface area contributed by atoms with Crippen LogP contribution in [0.25, 0.3) is 0 Å². The van der Waals surface area contributed by atoms with Crippen molar-refractivity contribution < 1.29 is 9.53 Å². The Labute approximate surface area is 130 Å². The molecule has 1 fully saturated rings. The molecule has 1 aromatic carbocycles. The van der Waals surface area contributed by atoms with Gasteiger partial charge in [-0.3, -0.25) is 0 Å². The first-order valence-corrected chi connectivity index (χ1v) is 7.61. The van der Waals surface area contributed by atoms with Gasteiger partial charge < -0.3 is 19.9 Å². The number of carbonyl (C=O) groups excluding carboxylic acids is 1. The number of amides is 2. The van der Waals surface area contributed by atoms with Gasteiger partial charge in [-0.25, -0.2) is 4.79 Å². The Morgan fingerprint density at radius 1 is 1.29 bits per heavy atom. The molecule has 2 rings (SSSR count). The summed E-state index contributed by atoms with van der Waals surface area (Å²) < 4.78 is 4.96. The van der Waals surface area contributed by atoms with Crippen molar-refractivity contribution in [3.63, 3.8) is 0 Å². The van der Waals surface area contributed by atoms with Crippen molar-refractivity contribution in [2.75, 3.05) is 51.3 Å². The Kier molecular flexibility index (Phi) is 6.14. The standard InChI is InChI=1S/C15H22ClN3O2/c1-21-12-4-7-17-15(20)19-10-8-18(9-11-19)14-6-3-2-5-13(14)16/h2-3,5-6H,4,7-12H2,1H3,(H,17,20). The number of halogens is 1. The summed E-state index contributed by atoms with van der Waals surface area (Å²) >= 11 is 6.21. The van der Waals surface area contributed by atoms with Gasteiger partial charge in [0.1, 0.15) is 0 Å². The number of anilines is 1.